The first-order valence-corrected chi connectivity index (χ1v) is 7.61. The van der Waals surface area contributed by atoms with Gasteiger partial charge in [-0.3, -0.25) is 0 Å². The van der Waals surface area contributed by atoms with Crippen LogP contribution in [0.5, 0.6) is 5.75 Å². The van der Waals surface area contributed by atoms with Crippen molar-refractivity contribution in [1.82, 2.24) is 0 Å². The summed E-state index contributed by atoms with van der Waals surface area (Å²) in [5.74, 6) is 0.868. The predicted octanol–water partition coefficient (Wildman–Crippen LogP) is 3.97. The van der Waals surface area contributed by atoms with E-state index >= 15 is 0 Å². The van der Waals surface area contributed by atoms with Gasteiger partial charge in [0, 0.05) is 22.9 Å². The van der Waals surface area contributed by atoms with Crippen molar-refractivity contribution in [2.24, 2.45) is 0 Å². The van der Waals surface area contributed by atoms with Crippen LogP contribution in [-0.2, 0) is 12.8 Å². The molecule has 0 aromatic heterocycles. The lowest BCUT2D eigenvalue weighted by atomic mass is 9.98. The smallest absolute Gasteiger partial charge is 0.128 e. The molecule has 0 saturated carbocycles. The second-order valence-corrected chi connectivity index (χ2v) is 6.20. The number of aliphatic hydroxyl groups excluding tert-OH is 1. The number of aliphatic hydroxyl groups is 1. The van der Waals surface area contributed by atoms with Crippen LogP contribution in [0.1, 0.15) is 28.4 Å². The van der Waals surface area contributed by atoms with Crippen LogP contribution in [0, 0.1) is 6.92 Å². The van der Waals surface area contributed by atoms with E-state index in [9.17, 15) is 5.11 Å². The number of hydrogen-bond acceptors (Lipinski definition) is 2. The topological polar surface area (TPSA) is 29.5 Å². The molecule has 1 atom stereocenters. The zero-order chi connectivity index (χ0) is 14.1. The Morgan fingerprint density at radius 3 is 2.75 bits per heavy atom. The monoisotopic (exact) mass is 332 g/mol. The molecule has 1 N–H and O–H groups in total. The van der Waals surface area contributed by atoms with Gasteiger partial charge in [-0.15, -0.1) is 0 Å². The Bertz CT molecular complexity index is 620. The van der Waals surface area contributed by atoms with Crippen molar-refractivity contribution in [3.05, 3.63) is 63.1 Å². The Morgan fingerprint density at radius 1 is 1.25 bits per heavy atom. The zero-order valence-corrected chi connectivity index (χ0v) is 13.0. The molecule has 0 aliphatic carbocycles. The van der Waals surface area contributed by atoms with Crippen LogP contribution >= 0.6 is 15.9 Å². The number of aryl methyl sites for hydroxylation is 1. The molecule has 2 nitrogen and oxygen atoms in total. The molecule has 0 fully saturated rings. The van der Waals surface area contributed by atoms with Crippen LogP contribution in [0.4, 0.5) is 0 Å². The normalized spacial score (nSPS) is 14.8. The minimum absolute atomic E-state index is 0.540. The molecule has 1 aliphatic heterocycles. The highest BCUT2D eigenvalue weighted by atomic mass is 79.9. The van der Waals surface area contributed by atoms with E-state index in [1.807, 2.05) is 6.07 Å². The Morgan fingerprint density at radius 2 is 2.00 bits per heavy atom. The predicted molar refractivity (Wildman–Crippen MR) is 83.2 cm³/mol. The van der Waals surface area contributed by atoms with Gasteiger partial charge in [0.15, 0.2) is 0 Å². The lowest BCUT2D eigenvalue weighted by Gasteiger charge is -2.15. The van der Waals surface area contributed by atoms with Crippen molar-refractivity contribution in [2.45, 2.75) is 25.9 Å². The highest BCUT2D eigenvalue weighted by Crippen LogP contribution is 2.37. The SMILES string of the molecule is Cc1ccc(CC(O)c2cc(Br)cc3c2OCC3)cc1. The van der Waals surface area contributed by atoms with Gasteiger partial charge < -0.3 is 9.84 Å². The van der Waals surface area contributed by atoms with E-state index in [1.54, 1.807) is 0 Å². The van der Waals surface area contributed by atoms with Crippen LogP contribution < -0.4 is 4.74 Å². The molecule has 3 rings (SSSR count). The van der Waals surface area contributed by atoms with Gasteiger partial charge in [0.1, 0.15) is 5.75 Å². The van der Waals surface area contributed by atoms with Gasteiger partial charge in [-0.1, -0.05) is 45.8 Å². The van der Waals surface area contributed by atoms with Crippen molar-refractivity contribution in [2.75, 3.05) is 6.61 Å². The summed E-state index contributed by atoms with van der Waals surface area (Å²) in [6, 6.07) is 12.3. The quantitative estimate of drug-likeness (QED) is 0.921. The maximum absolute atomic E-state index is 10.5. The van der Waals surface area contributed by atoms with Crippen molar-refractivity contribution in [3.8, 4) is 5.75 Å². The van der Waals surface area contributed by atoms with Crippen molar-refractivity contribution in [1.29, 1.82) is 0 Å². The van der Waals surface area contributed by atoms with Gasteiger partial charge in [-0.25, -0.2) is 0 Å². The minimum atomic E-state index is -0.540. The molecule has 0 radical (unpaired) electrons. The summed E-state index contributed by atoms with van der Waals surface area (Å²) in [5.41, 5.74) is 4.43. The molecule has 1 heterocycles. The molecule has 1 unspecified atom stereocenters. The van der Waals surface area contributed by atoms with E-state index in [4.69, 9.17) is 4.74 Å². The van der Waals surface area contributed by atoms with Gasteiger partial charge in [0.25, 0.3) is 0 Å². The number of ether oxygens (including phenoxy) is 1. The molecule has 3 heteroatoms. The van der Waals surface area contributed by atoms with Gasteiger partial charge in [-0.05, 0) is 30.2 Å². The Balaban J connectivity index is 1.87. The first-order chi connectivity index (χ1) is 9.63. The second-order valence-electron chi connectivity index (χ2n) is 5.29. The molecular formula is C17H17BrO2. The molecular weight excluding hydrogens is 316 g/mol. The summed E-state index contributed by atoms with van der Waals surface area (Å²) >= 11 is 3.51. The average molecular weight is 333 g/mol. The molecule has 0 amide bonds. The van der Waals surface area contributed by atoms with Crippen molar-refractivity contribution in [3.63, 3.8) is 0 Å². The largest absolute Gasteiger partial charge is 0.493 e. The number of rotatable bonds is 3. The minimum Gasteiger partial charge on any atom is -0.493 e. The molecule has 20 heavy (non-hydrogen) atoms. The van der Waals surface area contributed by atoms with Crippen LogP contribution in [0.15, 0.2) is 40.9 Å². The summed E-state index contributed by atoms with van der Waals surface area (Å²) in [7, 11) is 0. The van der Waals surface area contributed by atoms with E-state index in [0.717, 1.165) is 27.8 Å². The number of fused-ring (bicyclic) bond motifs is 1. The summed E-state index contributed by atoms with van der Waals surface area (Å²) in [5, 5.41) is 10.5. The van der Waals surface area contributed by atoms with Crippen LogP contribution in [-0.4, -0.2) is 11.7 Å². The Hall–Kier alpha value is -1.32. The van der Waals surface area contributed by atoms with Gasteiger partial charge in [0.05, 0.1) is 12.7 Å². The number of hydrogen-bond donors (Lipinski definition) is 1. The summed E-state index contributed by atoms with van der Waals surface area (Å²) in [6.07, 6.45) is 0.980. The highest BCUT2D eigenvalue weighted by Gasteiger charge is 2.22. The van der Waals surface area contributed by atoms with E-state index in [0.29, 0.717) is 13.0 Å². The van der Waals surface area contributed by atoms with E-state index in [1.165, 1.54) is 11.1 Å². The van der Waals surface area contributed by atoms with Crippen LogP contribution in [0.2, 0.25) is 0 Å². The molecule has 0 saturated heterocycles. The summed E-state index contributed by atoms with van der Waals surface area (Å²) in [6.45, 7) is 2.77. The molecule has 0 bridgehead atoms. The van der Waals surface area contributed by atoms with E-state index in [-0.39, 0.29) is 0 Å². The van der Waals surface area contributed by atoms with Gasteiger partial charge in [0.2, 0.25) is 0 Å². The maximum Gasteiger partial charge on any atom is 0.128 e. The van der Waals surface area contributed by atoms with Crippen LogP contribution in [0.25, 0.3) is 0 Å². The van der Waals surface area contributed by atoms with Gasteiger partial charge >= 0.3 is 0 Å². The average Bonchev–Trinajstić information content (AvgIpc) is 2.88. The summed E-state index contributed by atoms with van der Waals surface area (Å²) < 4.78 is 6.68. The van der Waals surface area contributed by atoms with E-state index in [2.05, 4.69) is 53.2 Å². The maximum atomic E-state index is 10.5. The first kappa shape index (κ1) is 13.7. The van der Waals surface area contributed by atoms with E-state index < -0.39 is 6.10 Å². The zero-order valence-electron chi connectivity index (χ0n) is 11.4. The highest BCUT2D eigenvalue weighted by molar-refractivity contribution is 9.10. The molecule has 0 spiro atoms. The van der Waals surface area contributed by atoms with Crippen molar-refractivity contribution < 1.29 is 9.84 Å². The third kappa shape index (κ3) is 2.74. The Kier molecular flexibility index (Phi) is 3.81. The van der Waals surface area contributed by atoms with Gasteiger partial charge in [-0.2, -0.15) is 0 Å². The number of halogens is 1. The fourth-order valence-corrected chi connectivity index (χ4v) is 3.13. The standard InChI is InChI=1S/C17H17BrO2/c1-11-2-4-12(5-3-11)8-16(19)15-10-14(18)9-13-6-7-20-17(13)15/h2-5,9-10,16,19H,6-8H2,1H3. The number of benzene rings is 2. The fourth-order valence-electron chi connectivity index (χ4n) is 2.60. The van der Waals surface area contributed by atoms with Crippen molar-refractivity contribution >= 4 is 15.9 Å². The molecule has 104 valence electrons. The second kappa shape index (κ2) is 5.58. The first-order valence-electron chi connectivity index (χ1n) is 6.82. The lowest BCUT2D eigenvalue weighted by molar-refractivity contribution is 0.173. The fraction of sp³-hybridized carbons (Fsp3) is 0.294. The molecule has 1 aliphatic rings. The molecule has 2 aromatic carbocycles. The third-order valence-electron chi connectivity index (χ3n) is 3.69. The Labute approximate surface area is 127 Å². The third-order valence-corrected chi connectivity index (χ3v) is 4.14. The lowest BCUT2D eigenvalue weighted by Crippen LogP contribution is -2.04. The van der Waals surface area contributed by atoms with Crippen LogP contribution in [0.3, 0.4) is 0 Å². The summed E-state index contributed by atoms with van der Waals surface area (Å²) in [4.78, 5) is 0. The molecule has 2 aromatic rings.